The van der Waals surface area contributed by atoms with Crippen LogP contribution in [-0.2, 0) is 6.54 Å². The summed E-state index contributed by atoms with van der Waals surface area (Å²) in [5.74, 6) is 0. The highest BCUT2D eigenvalue weighted by atomic mass is 79.9. The molecule has 0 unspecified atom stereocenters. The summed E-state index contributed by atoms with van der Waals surface area (Å²) in [6.45, 7) is 3.03. The van der Waals surface area contributed by atoms with Gasteiger partial charge in [0.1, 0.15) is 0 Å². The Labute approximate surface area is 207 Å². The molecule has 4 aromatic rings. The van der Waals surface area contributed by atoms with Crippen LogP contribution in [0.1, 0.15) is 11.3 Å². The van der Waals surface area contributed by atoms with Gasteiger partial charge in [0.05, 0.1) is 0 Å². The van der Waals surface area contributed by atoms with Gasteiger partial charge in [-0.1, -0.05) is 74.3 Å². The summed E-state index contributed by atoms with van der Waals surface area (Å²) >= 11 is 7.08. The van der Waals surface area contributed by atoms with E-state index in [1.54, 1.807) is 0 Å². The molecule has 33 heavy (non-hydrogen) atoms. The molecule has 4 rings (SSSR count). The highest BCUT2D eigenvalue weighted by Crippen LogP contribution is 2.27. The fourth-order valence-corrected chi connectivity index (χ4v) is 3.93. The fourth-order valence-electron chi connectivity index (χ4n) is 3.40. The zero-order chi connectivity index (χ0) is 24.0. The van der Waals surface area contributed by atoms with E-state index in [4.69, 9.17) is 0 Å². The largest absolute Gasteiger partial charge is 0.673 e. The Bertz CT molecular complexity index is 1190. The van der Waals surface area contributed by atoms with E-state index >= 15 is 0 Å². The molecule has 0 aliphatic carbocycles. The van der Waals surface area contributed by atoms with Crippen molar-refractivity contribution in [2.45, 2.75) is 13.5 Å². The molecule has 0 fully saturated rings. The monoisotopic (exact) mass is 579 g/mol. The number of hydrogen-bond acceptors (Lipinski definition) is 0. The van der Waals surface area contributed by atoms with Crippen LogP contribution in [0.5, 0.6) is 0 Å². The van der Waals surface area contributed by atoms with Gasteiger partial charge in [-0.3, -0.25) is 0 Å². The molecule has 0 radical (unpaired) electrons. The molecule has 0 amide bonds. The van der Waals surface area contributed by atoms with Crippen molar-refractivity contribution < 1.29 is 21.8 Å². The lowest BCUT2D eigenvalue weighted by atomic mass is 10.0. The van der Waals surface area contributed by atoms with Crippen LogP contribution < -0.4 is 4.57 Å². The molecule has 3 aromatic carbocycles. The number of hydrogen-bond donors (Lipinski definition) is 0. The average molecular weight is 581 g/mol. The van der Waals surface area contributed by atoms with Crippen molar-refractivity contribution in [3.05, 3.63) is 111 Å². The molecule has 0 aliphatic heterocycles. The molecule has 170 valence electrons. The zero-order valence-electron chi connectivity index (χ0n) is 17.7. The first-order chi connectivity index (χ1) is 15.6. The van der Waals surface area contributed by atoms with E-state index in [2.05, 4.69) is 134 Å². The van der Waals surface area contributed by atoms with Gasteiger partial charge in [0, 0.05) is 39.1 Å². The topological polar surface area (TPSA) is 3.88 Å². The quantitative estimate of drug-likeness (QED) is 0.129. The van der Waals surface area contributed by atoms with E-state index in [-0.39, 0.29) is 0 Å². The van der Waals surface area contributed by atoms with Gasteiger partial charge in [0.2, 0.25) is 5.69 Å². The summed E-state index contributed by atoms with van der Waals surface area (Å²) in [5.41, 5.74) is 7.41. The molecule has 8 heteroatoms. The SMILES string of the molecule is Cc1cc(-c2ccc(Br)cc2)cc(-c2ccc(Br)cc2)[n+]1Cc1ccccc1.F[B-](F)(F)F. The van der Waals surface area contributed by atoms with E-state index in [0.29, 0.717) is 0 Å². The predicted molar refractivity (Wildman–Crippen MR) is 133 cm³/mol. The van der Waals surface area contributed by atoms with Crippen molar-refractivity contribution in [1.29, 1.82) is 0 Å². The first-order valence-corrected chi connectivity index (χ1v) is 11.7. The fraction of sp³-hybridized carbons (Fsp3) is 0.0800. The van der Waals surface area contributed by atoms with Crippen LogP contribution in [-0.4, -0.2) is 7.25 Å². The summed E-state index contributed by atoms with van der Waals surface area (Å²) in [6.07, 6.45) is 0. The van der Waals surface area contributed by atoms with Crippen molar-refractivity contribution in [2.24, 2.45) is 0 Å². The van der Waals surface area contributed by atoms with Gasteiger partial charge in [-0.25, -0.2) is 0 Å². The minimum atomic E-state index is -6.00. The Morgan fingerprint density at radius 2 is 1.15 bits per heavy atom. The molecule has 0 aliphatic rings. The van der Waals surface area contributed by atoms with E-state index in [0.717, 1.165) is 15.5 Å². The Morgan fingerprint density at radius 1 is 0.667 bits per heavy atom. The third kappa shape index (κ3) is 7.82. The van der Waals surface area contributed by atoms with E-state index in [1.807, 2.05) is 0 Å². The maximum atomic E-state index is 9.75. The smallest absolute Gasteiger partial charge is 0.418 e. The van der Waals surface area contributed by atoms with Gasteiger partial charge >= 0.3 is 7.25 Å². The molecule has 0 atom stereocenters. The van der Waals surface area contributed by atoms with Crippen LogP contribution in [0.4, 0.5) is 17.3 Å². The molecular formula is C25H20BBr2F4N. The van der Waals surface area contributed by atoms with Gasteiger partial charge < -0.3 is 17.3 Å². The average Bonchev–Trinajstić information content (AvgIpc) is 2.76. The highest BCUT2D eigenvalue weighted by molar-refractivity contribution is 9.10. The lowest BCUT2D eigenvalue weighted by Crippen LogP contribution is -2.40. The summed E-state index contributed by atoms with van der Waals surface area (Å²) in [4.78, 5) is 0. The van der Waals surface area contributed by atoms with Crippen LogP contribution >= 0.6 is 31.9 Å². The number of halogens is 6. The van der Waals surface area contributed by atoms with Crippen LogP contribution in [0, 0.1) is 6.92 Å². The first-order valence-electron chi connectivity index (χ1n) is 10.1. The van der Waals surface area contributed by atoms with Crippen molar-refractivity contribution in [1.82, 2.24) is 0 Å². The maximum absolute atomic E-state index is 9.75. The zero-order valence-corrected chi connectivity index (χ0v) is 20.8. The summed E-state index contributed by atoms with van der Waals surface area (Å²) in [7, 11) is -6.00. The van der Waals surface area contributed by atoms with Gasteiger partial charge in [-0.2, -0.15) is 4.57 Å². The van der Waals surface area contributed by atoms with Gasteiger partial charge in [-0.15, -0.1) is 0 Å². The van der Waals surface area contributed by atoms with Crippen molar-refractivity contribution in [2.75, 3.05) is 0 Å². The van der Waals surface area contributed by atoms with Gasteiger partial charge in [-0.05, 0) is 47.5 Å². The molecule has 1 nitrogen and oxygen atoms in total. The second-order valence-electron chi connectivity index (χ2n) is 7.35. The van der Waals surface area contributed by atoms with Gasteiger partial charge in [0.25, 0.3) is 0 Å². The maximum Gasteiger partial charge on any atom is 0.673 e. The molecule has 0 N–H and O–H groups in total. The Morgan fingerprint density at radius 3 is 1.67 bits per heavy atom. The normalized spacial score (nSPS) is 11.0. The van der Waals surface area contributed by atoms with E-state index in [9.17, 15) is 17.3 Å². The molecule has 1 aromatic heterocycles. The number of aryl methyl sites for hydroxylation is 1. The minimum absolute atomic E-state index is 0.846. The van der Waals surface area contributed by atoms with E-state index in [1.165, 1.54) is 33.6 Å². The van der Waals surface area contributed by atoms with Crippen LogP contribution in [0.2, 0.25) is 0 Å². The summed E-state index contributed by atoms with van der Waals surface area (Å²) in [6, 6.07) is 32.2. The summed E-state index contributed by atoms with van der Waals surface area (Å²) < 4.78 is 43.6. The van der Waals surface area contributed by atoms with E-state index < -0.39 is 7.25 Å². The number of nitrogens with zero attached hydrogens (tertiary/aromatic N) is 1. The summed E-state index contributed by atoms with van der Waals surface area (Å²) in [5, 5.41) is 0. The molecular weight excluding hydrogens is 561 g/mol. The van der Waals surface area contributed by atoms with Crippen LogP contribution in [0.25, 0.3) is 22.4 Å². The van der Waals surface area contributed by atoms with Crippen LogP contribution in [0.3, 0.4) is 0 Å². The molecule has 0 saturated carbocycles. The number of rotatable bonds is 4. The van der Waals surface area contributed by atoms with Crippen LogP contribution in [0.15, 0.2) is 99.9 Å². The predicted octanol–water partition coefficient (Wildman–Crippen LogP) is 8.49. The molecule has 0 bridgehead atoms. The lowest BCUT2D eigenvalue weighted by Gasteiger charge is -2.11. The van der Waals surface area contributed by atoms with Crippen molar-refractivity contribution in [3.63, 3.8) is 0 Å². The molecule has 0 spiro atoms. The number of benzene rings is 3. The molecule has 1 heterocycles. The van der Waals surface area contributed by atoms with Gasteiger partial charge in [0.15, 0.2) is 12.2 Å². The first kappa shape index (κ1) is 25.2. The second kappa shape index (κ2) is 11.1. The number of aromatic nitrogens is 1. The Kier molecular flexibility index (Phi) is 8.49. The molecule has 0 saturated heterocycles. The third-order valence-corrected chi connectivity index (χ3v) is 5.93. The minimum Gasteiger partial charge on any atom is -0.418 e. The Hall–Kier alpha value is -2.45. The van der Waals surface area contributed by atoms with Crippen molar-refractivity contribution >= 4 is 39.1 Å². The van der Waals surface area contributed by atoms with Crippen molar-refractivity contribution in [3.8, 4) is 22.4 Å². The standard InChI is InChI=1S/C25H20Br2N.BF4/c1-18-15-22(20-7-11-23(26)12-8-20)16-25(21-9-13-24(27)14-10-21)28(18)17-19-5-3-2-4-6-19;2-1(3,4)5/h2-16H,17H2,1H3;/q+1;-1. The second-order valence-corrected chi connectivity index (χ2v) is 9.18. The highest BCUT2D eigenvalue weighted by Gasteiger charge is 2.21. The Balaban J connectivity index is 0.000000555. The third-order valence-electron chi connectivity index (χ3n) is 4.87. The lowest BCUT2D eigenvalue weighted by molar-refractivity contribution is -0.683. The number of pyridine rings is 1.